The average molecular weight is 504 g/mol. The van der Waals surface area contributed by atoms with E-state index in [2.05, 4.69) is 0 Å². The quantitative estimate of drug-likeness (QED) is 0.437. The van der Waals surface area contributed by atoms with Gasteiger partial charge in [0.15, 0.2) is 17.3 Å². The lowest BCUT2D eigenvalue weighted by molar-refractivity contribution is -0.117. The maximum absolute atomic E-state index is 12.9. The molecule has 0 saturated carbocycles. The molecule has 1 heterocycles. The summed E-state index contributed by atoms with van der Waals surface area (Å²) in [6.07, 6.45) is 3.76. The van der Waals surface area contributed by atoms with E-state index in [-0.39, 0.29) is 18.2 Å². The first kappa shape index (κ1) is 22.5. The third-order valence-electron chi connectivity index (χ3n) is 6.29. The first-order chi connectivity index (χ1) is 15.9. The molecule has 2 aromatic rings. The second-order valence-corrected chi connectivity index (χ2v) is 9.74. The van der Waals surface area contributed by atoms with Gasteiger partial charge in [0.1, 0.15) is 18.1 Å². The molecule has 3 aliphatic rings. The number of carbonyl (C=O) groups is 2. The van der Waals surface area contributed by atoms with Crippen molar-refractivity contribution in [2.75, 3.05) is 0 Å². The second-order valence-electron chi connectivity index (χ2n) is 8.49. The van der Waals surface area contributed by atoms with Crippen LogP contribution in [0.4, 0.5) is 0 Å². The number of hydrogen-bond acceptors (Lipinski definition) is 4. The van der Waals surface area contributed by atoms with Crippen LogP contribution in [-0.4, -0.2) is 11.6 Å². The number of ether oxygens (including phenoxy) is 2. The monoisotopic (exact) mass is 502 g/mol. The Bertz CT molecular complexity index is 1150. The summed E-state index contributed by atoms with van der Waals surface area (Å²) in [5, 5.41) is 1.30. The first-order valence-corrected chi connectivity index (χ1v) is 12.1. The van der Waals surface area contributed by atoms with Crippen molar-refractivity contribution in [1.82, 2.24) is 0 Å². The van der Waals surface area contributed by atoms with Crippen molar-refractivity contribution in [3.05, 3.63) is 85.3 Å². The molecule has 0 amide bonds. The Labute approximate surface area is 207 Å². The van der Waals surface area contributed by atoms with Gasteiger partial charge in [0, 0.05) is 47.8 Å². The predicted octanol–water partition coefficient (Wildman–Crippen LogP) is 7.35. The summed E-state index contributed by atoms with van der Waals surface area (Å²) in [5.74, 6) is 1.24. The highest BCUT2D eigenvalue weighted by Crippen LogP contribution is 2.49. The zero-order valence-electron chi connectivity index (χ0n) is 17.8. The highest BCUT2D eigenvalue weighted by molar-refractivity contribution is 6.37. The molecule has 170 valence electrons. The Balaban J connectivity index is 1.52. The average Bonchev–Trinajstić information content (AvgIpc) is 2.79. The minimum absolute atomic E-state index is 0.0153. The number of allylic oxidation sites excluding steroid dienone is 4. The van der Waals surface area contributed by atoms with Crippen LogP contribution in [-0.2, 0) is 20.9 Å². The Hall–Kier alpha value is -2.27. The number of carbonyl (C=O) groups excluding carboxylic acids is 2. The molecule has 2 aliphatic carbocycles. The number of hydrogen-bond donors (Lipinski definition) is 0. The van der Waals surface area contributed by atoms with Gasteiger partial charge in [0.05, 0.1) is 10.0 Å². The van der Waals surface area contributed by atoms with Gasteiger partial charge in [-0.05, 0) is 48.2 Å². The van der Waals surface area contributed by atoms with Crippen LogP contribution < -0.4 is 4.74 Å². The second kappa shape index (κ2) is 9.17. The molecule has 1 aliphatic heterocycles. The van der Waals surface area contributed by atoms with E-state index in [0.717, 1.165) is 18.4 Å². The van der Waals surface area contributed by atoms with E-state index < -0.39 is 5.92 Å². The predicted molar refractivity (Wildman–Crippen MR) is 128 cm³/mol. The zero-order valence-corrected chi connectivity index (χ0v) is 20.0. The molecule has 2 aromatic carbocycles. The highest BCUT2D eigenvalue weighted by Gasteiger charge is 2.42. The lowest BCUT2D eigenvalue weighted by Gasteiger charge is -2.36. The van der Waals surface area contributed by atoms with Crippen molar-refractivity contribution >= 4 is 46.4 Å². The lowest BCUT2D eigenvalue weighted by atomic mass is 9.73. The van der Waals surface area contributed by atoms with E-state index in [9.17, 15) is 9.59 Å². The minimum atomic E-state index is -0.510. The van der Waals surface area contributed by atoms with Crippen LogP contribution in [0.15, 0.2) is 59.1 Å². The zero-order chi connectivity index (χ0) is 23.1. The van der Waals surface area contributed by atoms with Crippen molar-refractivity contribution in [3.8, 4) is 5.75 Å². The van der Waals surface area contributed by atoms with Gasteiger partial charge < -0.3 is 9.47 Å². The molecule has 0 saturated heterocycles. The number of rotatable bonds is 4. The fourth-order valence-electron chi connectivity index (χ4n) is 4.77. The van der Waals surface area contributed by atoms with Crippen LogP contribution in [0, 0.1) is 0 Å². The minimum Gasteiger partial charge on any atom is -0.486 e. The van der Waals surface area contributed by atoms with Gasteiger partial charge in [-0.3, -0.25) is 9.59 Å². The summed E-state index contributed by atoms with van der Waals surface area (Å²) in [7, 11) is 0. The summed E-state index contributed by atoms with van der Waals surface area (Å²) in [6.45, 7) is 0.273. The Morgan fingerprint density at radius 2 is 1.36 bits per heavy atom. The molecule has 0 bridgehead atoms. The SMILES string of the molecule is O=C1CCCC2=C1C(c1cc(Cl)c(OCc3ccc(Cl)cc3)c(Cl)c1)C1=C(CCCC1=O)O2. The maximum atomic E-state index is 12.9. The largest absolute Gasteiger partial charge is 0.486 e. The van der Waals surface area contributed by atoms with Crippen molar-refractivity contribution in [2.45, 2.75) is 51.0 Å². The molecule has 0 aromatic heterocycles. The van der Waals surface area contributed by atoms with Crippen LogP contribution in [0.1, 0.15) is 55.6 Å². The molecule has 0 radical (unpaired) electrons. The van der Waals surface area contributed by atoms with E-state index in [1.807, 2.05) is 12.1 Å². The molecule has 0 fully saturated rings. The summed E-state index contributed by atoms with van der Waals surface area (Å²) in [5.41, 5.74) is 2.76. The molecular weight excluding hydrogens is 483 g/mol. The third kappa shape index (κ3) is 4.32. The lowest BCUT2D eigenvalue weighted by Crippen LogP contribution is -2.30. The first-order valence-electron chi connectivity index (χ1n) is 11.0. The topological polar surface area (TPSA) is 52.6 Å². The van der Waals surface area contributed by atoms with Crippen LogP contribution in [0.5, 0.6) is 5.75 Å². The van der Waals surface area contributed by atoms with E-state index in [1.165, 1.54) is 0 Å². The van der Waals surface area contributed by atoms with Gasteiger partial charge >= 0.3 is 0 Å². The molecule has 33 heavy (non-hydrogen) atoms. The summed E-state index contributed by atoms with van der Waals surface area (Å²) in [4.78, 5) is 25.9. The molecule has 4 nitrogen and oxygen atoms in total. The number of halogens is 3. The molecule has 0 unspecified atom stereocenters. The molecule has 0 spiro atoms. The molecule has 5 rings (SSSR count). The van der Waals surface area contributed by atoms with E-state index in [0.29, 0.717) is 74.7 Å². The van der Waals surface area contributed by atoms with Crippen LogP contribution in [0.3, 0.4) is 0 Å². The van der Waals surface area contributed by atoms with Gasteiger partial charge in [0.2, 0.25) is 0 Å². The molecule has 7 heteroatoms. The highest BCUT2D eigenvalue weighted by atomic mass is 35.5. The Morgan fingerprint density at radius 1 is 0.818 bits per heavy atom. The van der Waals surface area contributed by atoms with Crippen molar-refractivity contribution in [3.63, 3.8) is 0 Å². The summed E-state index contributed by atoms with van der Waals surface area (Å²) < 4.78 is 12.0. The van der Waals surface area contributed by atoms with Gasteiger partial charge in [0.25, 0.3) is 0 Å². The van der Waals surface area contributed by atoms with Gasteiger partial charge in [-0.2, -0.15) is 0 Å². The maximum Gasteiger partial charge on any atom is 0.163 e. The number of benzene rings is 2. The van der Waals surface area contributed by atoms with E-state index >= 15 is 0 Å². The van der Waals surface area contributed by atoms with Gasteiger partial charge in [-0.15, -0.1) is 0 Å². The van der Waals surface area contributed by atoms with Crippen molar-refractivity contribution in [2.24, 2.45) is 0 Å². The fourth-order valence-corrected chi connectivity index (χ4v) is 5.51. The van der Waals surface area contributed by atoms with Crippen molar-refractivity contribution < 1.29 is 19.1 Å². The van der Waals surface area contributed by atoms with Crippen LogP contribution >= 0.6 is 34.8 Å². The van der Waals surface area contributed by atoms with E-state index in [1.54, 1.807) is 24.3 Å². The van der Waals surface area contributed by atoms with Crippen molar-refractivity contribution in [1.29, 1.82) is 0 Å². The standard InChI is InChI=1S/C26H21Cl3O4/c27-16-9-7-14(8-10-16)13-32-26-17(28)11-15(12-18(26)29)23-24-19(30)3-1-5-21(24)33-22-6-2-4-20(31)25(22)23/h7-12,23H,1-6,13H2. The van der Waals surface area contributed by atoms with Gasteiger partial charge in [-0.1, -0.05) is 46.9 Å². The smallest absolute Gasteiger partial charge is 0.163 e. The fraction of sp³-hybridized carbons (Fsp3) is 0.308. The van der Waals surface area contributed by atoms with Gasteiger partial charge in [-0.25, -0.2) is 0 Å². The molecular formula is C26H21Cl3O4. The number of ketones is 2. The molecule has 0 atom stereocenters. The summed E-state index contributed by atoms with van der Waals surface area (Å²) in [6, 6.07) is 10.8. The van der Waals surface area contributed by atoms with Crippen LogP contribution in [0.25, 0.3) is 0 Å². The third-order valence-corrected chi connectivity index (χ3v) is 7.10. The molecule has 0 N–H and O–H groups in total. The normalized spacial score (nSPS) is 18.8. The van der Waals surface area contributed by atoms with E-state index in [4.69, 9.17) is 44.3 Å². The Morgan fingerprint density at radius 3 is 1.91 bits per heavy atom. The number of Topliss-reactive ketones (excluding diaryl/α,β-unsaturated/α-hetero) is 2. The summed E-state index contributed by atoms with van der Waals surface area (Å²) >= 11 is 19.2. The Kier molecular flexibility index (Phi) is 6.26. The van der Waals surface area contributed by atoms with Crippen LogP contribution in [0.2, 0.25) is 15.1 Å².